The molecule has 1 saturated carbocycles. The lowest BCUT2D eigenvalue weighted by atomic mass is 9.90. The Labute approximate surface area is 105 Å². The average molecular weight is 286 g/mol. The number of benzene rings is 1. The van der Waals surface area contributed by atoms with E-state index in [2.05, 4.69) is 28.2 Å². The van der Waals surface area contributed by atoms with Crippen molar-refractivity contribution in [2.75, 3.05) is 7.05 Å². The van der Waals surface area contributed by atoms with Gasteiger partial charge in [0.15, 0.2) is 0 Å². The molecule has 1 aromatic rings. The van der Waals surface area contributed by atoms with Crippen LogP contribution in [-0.4, -0.2) is 13.1 Å². The first-order valence-corrected chi connectivity index (χ1v) is 6.48. The monoisotopic (exact) mass is 285 g/mol. The molecule has 0 aliphatic heterocycles. The fraction of sp³-hybridized carbons (Fsp3) is 0.538. The molecule has 0 aromatic heterocycles. The molecule has 0 radical (unpaired) electrons. The van der Waals surface area contributed by atoms with E-state index in [1.807, 2.05) is 19.2 Å². The SMILES string of the molecule is CNC(C)C1(Cc2ccc(F)c(Br)c2)CC1. The van der Waals surface area contributed by atoms with E-state index in [0.717, 1.165) is 6.42 Å². The molecule has 1 aliphatic carbocycles. The Balaban J connectivity index is 2.12. The highest BCUT2D eigenvalue weighted by atomic mass is 79.9. The molecule has 88 valence electrons. The van der Waals surface area contributed by atoms with E-state index in [9.17, 15) is 4.39 Å². The fourth-order valence-corrected chi connectivity index (χ4v) is 2.71. The minimum Gasteiger partial charge on any atom is -0.317 e. The first-order chi connectivity index (χ1) is 7.57. The topological polar surface area (TPSA) is 12.0 Å². The smallest absolute Gasteiger partial charge is 0.137 e. The van der Waals surface area contributed by atoms with Crippen LogP contribution in [0.4, 0.5) is 4.39 Å². The van der Waals surface area contributed by atoms with E-state index in [-0.39, 0.29) is 5.82 Å². The van der Waals surface area contributed by atoms with Gasteiger partial charge in [-0.3, -0.25) is 0 Å². The highest BCUT2D eigenvalue weighted by Crippen LogP contribution is 2.51. The van der Waals surface area contributed by atoms with Crippen LogP contribution in [0.3, 0.4) is 0 Å². The molecule has 2 rings (SSSR count). The molecular weight excluding hydrogens is 269 g/mol. The molecule has 0 spiro atoms. The predicted molar refractivity (Wildman–Crippen MR) is 68.0 cm³/mol. The lowest BCUT2D eigenvalue weighted by Gasteiger charge is -2.23. The summed E-state index contributed by atoms with van der Waals surface area (Å²) < 4.78 is 13.7. The van der Waals surface area contributed by atoms with Crippen LogP contribution in [0.1, 0.15) is 25.3 Å². The minimum absolute atomic E-state index is 0.185. The van der Waals surface area contributed by atoms with Gasteiger partial charge in [-0.1, -0.05) is 6.07 Å². The largest absolute Gasteiger partial charge is 0.317 e. The molecule has 1 nitrogen and oxygen atoms in total. The molecule has 1 aromatic carbocycles. The van der Waals surface area contributed by atoms with Crippen molar-refractivity contribution in [2.45, 2.75) is 32.2 Å². The van der Waals surface area contributed by atoms with Gasteiger partial charge in [0, 0.05) is 6.04 Å². The van der Waals surface area contributed by atoms with Crippen LogP contribution in [0.5, 0.6) is 0 Å². The number of hydrogen-bond acceptors (Lipinski definition) is 1. The van der Waals surface area contributed by atoms with E-state index in [0.29, 0.717) is 15.9 Å². The van der Waals surface area contributed by atoms with Gasteiger partial charge in [0.1, 0.15) is 5.82 Å². The lowest BCUT2D eigenvalue weighted by Crippen LogP contribution is -2.33. The molecule has 1 aliphatic rings. The standard InChI is InChI=1S/C13H17BrFN/c1-9(16-2)13(5-6-13)8-10-3-4-12(15)11(14)7-10/h3-4,7,9,16H,5-6,8H2,1-2H3. The van der Waals surface area contributed by atoms with Crippen LogP contribution in [0.2, 0.25) is 0 Å². The zero-order valence-electron chi connectivity index (χ0n) is 9.69. The van der Waals surface area contributed by atoms with Crippen molar-refractivity contribution in [3.63, 3.8) is 0 Å². The van der Waals surface area contributed by atoms with Crippen molar-refractivity contribution in [2.24, 2.45) is 5.41 Å². The van der Waals surface area contributed by atoms with Crippen molar-refractivity contribution < 1.29 is 4.39 Å². The normalized spacial score (nSPS) is 19.5. The molecule has 0 bridgehead atoms. The zero-order valence-corrected chi connectivity index (χ0v) is 11.3. The summed E-state index contributed by atoms with van der Waals surface area (Å²) in [6.45, 7) is 2.23. The van der Waals surface area contributed by atoms with E-state index in [1.54, 1.807) is 6.07 Å². The molecular formula is C13H17BrFN. The van der Waals surface area contributed by atoms with Crippen molar-refractivity contribution in [1.82, 2.24) is 5.32 Å². The van der Waals surface area contributed by atoms with Gasteiger partial charge >= 0.3 is 0 Å². The second-order valence-electron chi connectivity index (χ2n) is 4.80. The summed E-state index contributed by atoms with van der Waals surface area (Å²) >= 11 is 3.24. The van der Waals surface area contributed by atoms with Crippen LogP contribution in [0.25, 0.3) is 0 Å². The predicted octanol–water partition coefficient (Wildman–Crippen LogP) is 3.52. The summed E-state index contributed by atoms with van der Waals surface area (Å²) in [5, 5.41) is 3.33. The maximum Gasteiger partial charge on any atom is 0.137 e. The van der Waals surface area contributed by atoms with Gasteiger partial charge in [-0.2, -0.15) is 0 Å². The van der Waals surface area contributed by atoms with Gasteiger partial charge in [-0.05, 0) is 72.3 Å². The Morgan fingerprint density at radius 3 is 2.69 bits per heavy atom. The molecule has 0 saturated heterocycles. The summed E-state index contributed by atoms with van der Waals surface area (Å²) in [5.41, 5.74) is 1.61. The summed E-state index contributed by atoms with van der Waals surface area (Å²) in [4.78, 5) is 0. The third kappa shape index (κ3) is 2.30. The number of nitrogens with one attached hydrogen (secondary N) is 1. The summed E-state index contributed by atoms with van der Waals surface area (Å²) in [7, 11) is 2.01. The fourth-order valence-electron chi connectivity index (χ4n) is 2.29. The highest BCUT2D eigenvalue weighted by molar-refractivity contribution is 9.10. The molecule has 3 heteroatoms. The summed E-state index contributed by atoms with van der Waals surface area (Å²) in [5.74, 6) is -0.185. The van der Waals surface area contributed by atoms with Gasteiger partial charge < -0.3 is 5.32 Å². The maximum absolute atomic E-state index is 13.1. The first-order valence-electron chi connectivity index (χ1n) is 5.68. The molecule has 1 N–H and O–H groups in total. The van der Waals surface area contributed by atoms with E-state index in [1.165, 1.54) is 18.4 Å². The minimum atomic E-state index is -0.185. The van der Waals surface area contributed by atoms with Gasteiger partial charge in [0.2, 0.25) is 0 Å². The number of rotatable bonds is 4. The molecule has 1 unspecified atom stereocenters. The molecule has 0 heterocycles. The number of hydrogen-bond donors (Lipinski definition) is 1. The van der Waals surface area contributed by atoms with Crippen LogP contribution in [-0.2, 0) is 6.42 Å². The van der Waals surface area contributed by atoms with Crippen molar-refractivity contribution in [3.05, 3.63) is 34.1 Å². The third-order valence-electron chi connectivity index (χ3n) is 3.78. The van der Waals surface area contributed by atoms with E-state index < -0.39 is 0 Å². The molecule has 1 fully saturated rings. The quantitative estimate of drug-likeness (QED) is 0.893. The maximum atomic E-state index is 13.1. The van der Waals surface area contributed by atoms with Crippen molar-refractivity contribution in [1.29, 1.82) is 0 Å². The van der Waals surface area contributed by atoms with Gasteiger partial charge in [0.05, 0.1) is 4.47 Å². The number of halogens is 2. The highest BCUT2D eigenvalue weighted by Gasteiger charge is 2.46. The third-order valence-corrected chi connectivity index (χ3v) is 4.39. The van der Waals surface area contributed by atoms with Gasteiger partial charge in [-0.25, -0.2) is 4.39 Å². The molecule has 16 heavy (non-hydrogen) atoms. The Bertz CT molecular complexity index is 388. The van der Waals surface area contributed by atoms with Crippen LogP contribution >= 0.6 is 15.9 Å². The lowest BCUT2D eigenvalue weighted by molar-refractivity contribution is 0.369. The molecule has 0 amide bonds. The summed E-state index contributed by atoms with van der Waals surface area (Å²) in [6.07, 6.45) is 3.57. The Kier molecular flexibility index (Phi) is 3.36. The van der Waals surface area contributed by atoms with Crippen molar-refractivity contribution >= 4 is 15.9 Å². The van der Waals surface area contributed by atoms with Crippen LogP contribution < -0.4 is 5.32 Å². The zero-order chi connectivity index (χ0) is 11.8. The van der Waals surface area contributed by atoms with Gasteiger partial charge in [0.25, 0.3) is 0 Å². The second kappa shape index (κ2) is 4.46. The first kappa shape index (κ1) is 12.1. The van der Waals surface area contributed by atoms with E-state index in [4.69, 9.17) is 0 Å². The Morgan fingerprint density at radius 2 is 2.19 bits per heavy atom. The Hall–Kier alpha value is -0.410. The Morgan fingerprint density at radius 1 is 1.50 bits per heavy atom. The van der Waals surface area contributed by atoms with E-state index >= 15 is 0 Å². The second-order valence-corrected chi connectivity index (χ2v) is 5.65. The summed E-state index contributed by atoms with van der Waals surface area (Å²) in [6, 6.07) is 5.86. The van der Waals surface area contributed by atoms with Gasteiger partial charge in [-0.15, -0.1) is 0 Å². The van der Waals surface area contributed by atoms with Crippen molar-refractivity contribution in [3.8, 4) is 0 Å². The van der Waals surface area contributed by atoms with Crippen LogP contribution in [0.15, 0.2) is 22.7 Å². The average Bonchev–Trinajstić information content (AvgIpc) is 3.03. The van der Waals surface area contributed by atoms with Crippen LogP contribution in [0, 0.1) is 11.2 Å². The molecule has 1 atom stereocenters.